The number of nitrogens with one attached hydrogen (secondary N) is 1. The first-order valence-electron chi connectivity index (χ1n) is 7.91. The molecule has 0 spiro atoms. The van der Waals surface area contributed by atoms with Crippen LogP contribution in [0.15, 0.2) is 55.0 Å². The number of aryl methyl sites for hydroxylation is 2. The van der Waals surface area contributed by atoms with Gasteiger partial charge in [0.2, 0.25) is 0 Å². The van der Waals surface area contributed by atoms with Crippen molar-refractivity contribution >= 4 is 22.5 Å². The average Bonchev–Trinajstić information content (AvgIpc) is 3.03. The molecular weight excluding hydrogens is 317 g/mol. The molecule has 0 amide bonds. The van der Waals surface area contributed by atoms with Crippen molar-refractivity contribution in [1.82, 2.24) is 19.7 Å². The molecule has 1 N–H and O–H groups in total. The van der Waals surface area contributed by atoms with Crippen LogP contribution >= 0.6 is 0 Å². The normalized spacial score (nSPS) is 11.0. The number of fused-ring (bicyclic) bond motifs is 1. The summed E-state index contributed by atoms with van der Waals surface area (Å²) >= 11 is 0. The van der Waals surface area contributed by atoms with Crippen LogP contribution in [0.1, 0.15) is 11.1 Å². The van der Waals surface area contributed by atoms with Gasteiger partial charge in [0, 0.05) is 5.69 Å². The van der Waals surface area contributed by atoms with Crippen molar-refractivity contribution in [2.24, 2.45) is 0 Å². The van der Waals surface area contributed by atoms with Crippen LogP contribution in [0, 0.1) is 19.7 Å². The molecule has 0 saturated heterocycles. The maximum Gasteiger partial charge on any atom is 0.168 e. The Labute approximate surface area is 144 Å². The zero-order valence-corrected chi connectivity index (χ0v) is 13.9. The number of aromatic nitrogens is 4. The molecule has 4 rings (SSSR count). The van der Waals surface area contributed by atoms with Gasteiger partial charge in [0.15, 0.2) is 5.65 Å². The number of anilines is 2. The highest BCUT2D eigenvalue weighted by atomic mass is 19.1. The Morgan fingerprint density at radius 3 is 2.56 bits per heavy atom. The van der Waals surface area contributed by atoms with Gasteiger partial charge in [0.25, 0.3) is 0 Å². The van der Waals surface area contributed by atoms with Gasteiger partial charge in [-0.2, -0.15) is 5.10 Å². The molecule has 0 aliphatic carbocycles. The SMILES string of the molecule is Cc1ccc(Nc2ncnc3c2cnn3-c2ccc(F)cc2)c(C)c1. The highest BCUT2D eigenvalue weighted by Gasteiger charge is 2.12. The number of nitrogens with zero attached hydrogens (tertiary/aromatic N) is 4. The lowest BCUT2D eigenvalue weighted by molar-refractivity contribution is 0.627. The third kappa shape index (κ3) is 2.82. The van der Waals surface area contributed by atoms with E-state index >= 15 is 0 Å². The maximum absolute atomic E-state index is 13.1. The number of hydrogen-bond donors (Lipinski definition) is 1. The van der Waals surface area contributed by atoms with Crippen molar-refractivity contribution in [3.8, 4) is 5.69 Å². The van der Waals surface area contributed by atoms with Crippen molar-refractivity contribution in [3.05, 3.63) is 71.9 Å². The minimum atomic E-state index is -0.285. The monoisotopic (exact) mass is 333 g/mol. The first kappa shape index (κ1) is 15.3. The Bertz CT molecular complexity index is 1050. The predicted octanol–water partition coefficient (Wildman–Crippen LogP) is 4.32. The Balaban J connectivity index is 1.77. The van der Waals surface area contributed by atoms with Crippen LogP contribution in [-0.4, -0.2) is 19.7 Å². The summed E-state index contributed by atoms with van der Waals surface area (Å²) in [5.74, 6) is 0.400. The van der Waals surface area contributed by atoms with E-state index < -0.39 is 0 Å². The highest BCUT2D eigenvalue weighted by Crippen LogP contribution is 2.26. The Morgan fingerprint density at radius 1 is 1.00 bits per heavy atom. The molecule has 0 radical (unpaired) electrons. The molecule has 0 aliphatic rings. The molecule has 4 aromatic rings. The quantitative estimate of drug-likeness (QED) is 0.607. The molecule has 0 bridgehead atoms. The molecular formula is C19H16FN5. The first-order chi connectivity index (χ1) is 12.1. The molecule has 2 aromatic heterocycles. The molecule has 0 aliphatic heterocycles. The van der Waals surface area contributed by atoms with Gasteiger partial charge in [-0.3, -0.25) is 0 Å². The molecule has 0 fully saturated rings. The van der Waals surface area contributed by atoms with Gasteiger partial charge in [-0.1, -0.05) is 17.7 Å². The van der Waals surface area contributed by atoms with Crippen molar-refractivity contribution in [2.45, 2.75) is 13.8 Å². The molecule has 124 valence electrons. The van der Waals surface area contributed by atoms with Gasteiger partial charge in [0.05, 0.1) is 17.3 Å². The number of benzene rings is 2. The van der Waals surface area contributed by atoms with Crippen LogP contribution < -0.4 is 5.32 Å². The van der Waals surface area contributed by atoms with E-state index in [1.165, 1.54) is 24.0 Å². The van der Waals surface area contributed by atoms with Crippen LogP contribution in [0.3, 0.4) is 0 Å². The standard InChI is InChI=1S/C19H16FN5/c1-12-3-8-17(13(2)9-12)24-18-16-10-23-25(19(16)22-11-21-18)15-6-4-14(20)5-7-15/h3-11H,1-2H3,(H,21,22,24). The van der Waals surface area contributed by atoms with Crippen molar-refractivity contribution < 1.29 is 4.39 Å². The second-order valence-electron chi connectivity index (χ2n) is 5.94. The van der Waals surface area contributed by atoms with Crippen molar-refractivity contribution in [3.63, 3.8) is 0 Å². The third-order valence-electron chi connectivity index (χ3n) is 4.07. The van der Waals surface area contributed by atoms with E-state index in [9.17, 15) is 4.39 Å². The number of rotatable bonds is 3. The van der Waals surface area contributed by atoms with Crippen LogP contribution in [0.2, 0.25) is 0 Å². The largest absolute Gasteiger partial charge is 0.339 e. The summed E-state index contributed by atoms with van der Waals surface area (Å²) < 4.78 is 14.8. The summed E-state index contributed by atoms with van der Waals surface area (Å²) in [6.07, 6.45) is 3.21. The van der Waals surface area contributed by atoms with Crippen molar-refractivity contribution in [2.75, 3.05) is 5.32 Å². The fraction of sp³-hybridized carbons (Fsp3) is 0.105. The highest BCUT2D eigenvalue weighted by molar-refractivity contribution is 5.89. The second-order valence-corrected chi connectivity index (χ2v) is 5.94. The summed E-state index contributed by atoms with van der Waals surface area (Å²) in [5.41, 5.74) is 4.74. The smallest absolute Gasteiger partial charge is 0.168 e. The Hall–Kier alpha value is -3.28. The molecule has 5 nitrogen and oxygen atoms in total. The lowest BCUT2D eigenvalue weighted by Gasteiger charge is -2.10. The molecule has 25 heavy (non-hydrogen) atoms. The van der Waals surface area contributed by atoms with E-state index in [1.807, 2.05) is 6.07 Å². The van der Waals surface area contributed by atoms with E-state index in [0.29, 0.717) is 11.5 Å². The van der Waals surface area contributed by atoms with Crippen LogP contribution in [0.4, 0.5) is 15.9 Å². The van der Waals surface area contributed by atoms with Crippen LogP contribution in [-0.2, 0) is 0 Å². The van der Waals surface area contributed by atoms with E-state index in [1.54, 1.807) is 23.0 Å². The zero-order chi connectivity index (χ0) is 17.4. The summed E-state index contributed by atoms with van der Waals surface area (Å²) in [7, 11) is 0. The lowest BCUT2D eigenvalue weighted by atomic mass is 10.1. The van der Waals surface area contributed by atoms with Gasteiger partial charge >= 0.3 is 0 Å². The molecule has 6 heteroatoms. The maximum atomic E-state index is 13.1. The molecule has 0 unspecified atom stereocenters. The summed E-state index contributed by atoms with van der Waals surface area (Å²) in [4.78, 5) is 8.69. The van der Waals surface area contributed by atoms with Gasteiger partial charge in [-0.25, -0.2) is 19.0 Å². The Kier molecular flexibility index (Phi) is 3.65. The molecule has 0 atom stereocenters. The Morgan fingerprint density at radius 2 is 1.80 bits per heavy atom. The van der Waals surface area contributed by atoms with E-state index in [0.717, 1.165) is 22.3 Å². The predicted molar refractivity (Wildman–Crippen MR) is 95.8 cm³/mol. The molecule has 2 heterocycles. The van der Waals surface area contributed by atoms with Crippen LogP contribution in [0.25, 0.3) is 16.7 Å². The summed E-state index contributed by atoms with van der Waals surface area (Å²) in [5, 5.41) is 8.54. The number of halogens is 1. The summed E-state index contributed by atoms with van der Waals surface area (Å²) in [6.45, 7) is 4.11. The number of hydrogen-bond acceptors (Lipinski definition) is 4. The van der Waals surface area contributed by atoms with Gasteiger partial charge in [0.1, 0.15) is 18.0 Å². The topological polar surface area (TPSA) is 55.6 Å². The molecule has 0 saturated carbocycles. The minimum Gasteiger partial charge on any atom is -0.339 e. The molecule has 2 aromatic carbocycles. The van der Waals surface area contributed by atoms with E-state index in [4.69, 9.17) is 0 Å². The second kappa shape index (κ2) is 5.98. The first-order valence-corrected chi connectivity index (χ1v) is 7.91. The summed E-state index contributed by atoms with van der Waals surface area (Å²) in [6, 6.07) is 12.3. The third-order valence-corrected chi connectivity index (χ3v) is 4.07. The van der Waals surface area contributed by atoms with E-state index in [2.05, 4.69) is 46.4 Å². The van der Waals surface area contributed by atoms with Crippen molar-refractivity contribution in [1.29, 1.82) is 0 Å². The fourth-order valence-electron chi connectivity index (χ4n) is 2.80. The van der Waals surface area contributed by atoms with Gasteiger partial charge in [-0.05, 0) is 49.7 Å². The van der Waals surface area contributed by atoms with Crippen LogP contribution in [0.5, 0.6) is 0 Å². The lowest BCUT2D eigenvalue weighted by Crippen LogP contribution is -2.00. The fourth-order valence-corrected chi connectivity index (χ4v) is 2.80. The minimum absolute atomic E-state index is 0.285. The van der Waals surface area contributed by atoms with Gasteiger partial charge in [-0.15, -0.1) is 0 Å². The average molecular weight is 333 g/mol. The zero-order valence-electron chi connectivity index (χ0n) is 13.9. The van der Waals surface area contributed by atoms with E-state index in [-0.39, 0.29) is 5.82 Å². The van der Waals surface area contributed by atoms with Gasteiger partial charge < -0.3 is 5.32 Å².